The number of benzene rings is 2. The Labute approximate surface area is 220 Å². The van der Waals surface area contributed by atoms with Gasteiger partial charge in [-0.15, -0.1) is 11.3 Å². The van der Waals surface area contributed by atoms with E-state index in [2.05, 4.69) is 37.4 Å². The Morgan fingerprint density at radius 1 is 1.05 bits per heavy atom. The molecule has 5 rings (SSSR count). The maximum absolute atomic E-state index is 12.9. The zero-order valence-corrected chi connectivity index (χ0v) is 21.6. The molecule has 1 amide bonds. The number of ether oxygens (including phenoxy) is 1. The number of carbonyl (C=O) groups excluding carboxylic acids is 1. The smallest absolute Gasteiger partial charge is 0.261 e. The van der Waals surface area contributed by atoms with Gasteiger partial charge in [-0.25, -0.2) is 9.97 Å². The number of fused-ring (bicyclic) bond motifs is 1. The summed E-state index contributed by atoms with van der Waals surface area (Å²) >= 11 is 1.39. The number of carbonyl (C=O) groups is 1. The van der Waals surface area contributed by atoms with Crippen LogP contribution in [0.25, 0.3) is 15.9 Å². The van der Waals surface area contributed by atoms with Gasteiger partial charge in [0.1, 0.15) is 17.0 Å². The van der Waals surface area contributed by atoms with Crippen molar-refractivity contribution < 1.29 is 9.53 Å². The van der Waals surface area contributed by atoms with Gasteiger partial charge in [-0.05, 0) is 42.3 Å². The summed E-state index contributed by atoms with van der Waals surface area (Å²) in [6.45, 7) is 10.8. The second-order valence-electron chi connectivity index (χ2n) is 8.84. The van der Waals surface area contributed by atoms with Crippen LogP contribution in [0.2, 0.25) is 0 Å². The number of nitrogens with zero attached hydrogens (tertiary/aromatic N) is 3. The summed E-state index contributed by atoms with van der Waals surface area (Å²) in [5, 5.41) is 10.7. The van der Waals surface area contributed by atoms with Gasteiger partial charge in [-0.3, -0.25) is 9.69 Å². The Hall–Kier alpha value is -3.79. The molecule has 0 radical (unpaired) electrons. The topological polar surface area (TPSA) is 91.4 Å². The van der Waals surface area contributed by atoms with E-state index in [0.29, 0.717) is 17.2 Å². The molecule has 1 aliphatic rings. The van der Waals surface area contributed by atoms with E-state index in [1.165, 1.54) is 17.7 Å². The zero-order valence-electron chi connectivity index (χ0n) is 20.8. The van der Waals surface area contributed by atoms with Crippen molar-refractivity contribution in [1.29, 1.82) is 0 Å². The van der Waals surface area contributed by atoms with Crippen LogP contribution < -0.4 is 16.0 Å². The van der Waals surface area contributed by atoms with Crippen molar-refractivity contribution in [3.63, 3.8) is 0 Å². The molecule has 1 fully saturated rings. The lowest BCUT2D eigenvalue weighted by molar-refractivity contribution is 0.0383. The summed E-state index contributed by atoms with van der Waals surface area (Å²) in [5.74, 6) is 0.606. The maximum Gasteiger partial charge on any atom is 0.261 e. The fourth-order valence-electron chi connectivity index (χ4n) is 4.27. The van der Waals surface area contributed by atoms with E-state index in [-0.39, 0.29) is 5.91 Å². The average molecular weight is 515 g/mol. The molecule has 0 bridgehead atoms. The van der Waals surface area contributed by atoms with Gasteiger partial charge in [0, 0.05) is 43.3 Å². The van der Waals surface area contributed by atoms with E-state index >= 15 is 0 Å². The van der Waals surface area contributed by atoms with Crippen LogP contribution in [0.4, 0.5) is 17.2 Å². The molecule has 0 unspecified atom stereocenters. The lowest BCUT2D eigenvalue weighted by Crippen LogP contribution is -2.41. The van der Waals surface area contributed by atoms with Crippen molar-refractivity contribution in [2.75, 3.05) is 50.0 Å². The molecular weight excluding hydrogens is 484 g/mol. The van der Waals surface area contributed by atoms with E-state index in [1.54, 1.807) is 0 Å². The molecule has 4 aromatic rings. The monoisotopic (exact) mass is 514 g/mol. The van der Waals surface area contributed by atoms with Crippen LogP contribution in [0.5, 0.6) is 0 Å². The largest absolute Gasteiger partial charge is 0.379 e. The molecule has 190 valence electrons. The van der Waals surface area contributed by atoms with Gasteiger partial charge < -0.3 is 20.7 Å². The Bertz CT molecular complexity index is 1380. The van der Waals surface area contributed by atoms with Gasteiger partial charge >= 0.3 is 0 Å². The molecule has 9 heteroatoms. The predicted molar refractivity (Wildman–Crippen MR) is 151 cm³/mol. The molecule has 0 spiro atoms. The fraction of sp³-hybridized carbons (Fsp3) is 0.250. The Morgan fingerprint density at radius 3 is 2.54 bits per heavy atom. The molecule has 8 nitrogen and oxygen atoms in total. The highest BCUT2D eigenvalue weighted by Gasteiger charge is 2.20. The summed E-state index contributed by atoms with van der Waals surface area (Å²) in [6, 6.07) is 17.9. The number of hydrogen-bond acceptors (Lipinski definition) is 8. The number of anilines is 3. The Kier molecular flexibility index (Phi) is 7.74. The normalized spacial score (nSPS) is 13.9. The number of thiophene rings is 1. The van der Waals surface area contributed by atoms with Crippen molar-refractivity contribution in [3.05, 3.63) is 83.5 Å². The number of rotatable bonds is 9. The van der Waals surface area contributed by atoms with Crippen LogP contribution in [0, 0.1) is 6.92 Å². The third-order valence-electron chi connectivity index (χ3n) is 6.32. The first kappa shape index (κ1) is 24.9. The third kappa shape index (κ3) is 5.96. The van der Waals surface area contributed by atoms with Gasteiger partial charge in [0.2, 0.25) is 0 Å². The summed E-state index contributed by atoms with van der Waals surface area (Å²) < 4.78 is 5.38. The van der Waals surface area contributed by atoms with Crippen LogP contribution in [0.1, 0.15) is 20.8 Å². The SMILES string of the molecule is C=C(Nc1ccc(Nc2ncnc3sc(C(=O)NCCN4CCOCC4)c(C)c23)cc1)c1ccccc1. The summed E-state index contributed by atoms with van der Waals surface area (Å²) in [5.41, 5.74) is 4.59. The van der Waals surface area contributed by atoms with Crippen LogP contribution in [-0.2, 0) is 4.74 Å². The molecule has 3 heterocycles. The van der Waals surface area contributed by atoms with E-state index in [9.17, 15) is 4.79 Å². The highest BCUT2D eigenvalue weighted by molar-refractivity contribution is 7.20. The summed E-state index contributed by atoms with van der Waals surface area (Å²) in [7, 11) is 0. The van der Waals surface area contributed by atoms with Crippen molar-refractivity contribution in [2.45, 2.75) is 6.92 Å². The number of hydrogen-bond donors (Lipinski definition) is 3. The first-order valence-electron chi connectivity index (χ1n) is 12.3. The summed E-state index contributed by atoms with van der Waals surface area (Å²) in [6.07, 6.45) is 1.53. The van der Waals surface area contributed by atoms with Crippen LogP contribution in [0.3, 0.4) is 0 Å². The van der Waals surface area contributed by atoms with Crippen LogP contribution in [-0.4, -0.2) is 60.2 Å². The quantitative estimate of drug-likeness (QED) is 0.293. The van der Waals surface area contributed by atoms with E-state index < -0.39 is 0 Å². The molecule has 1 saturated heterocycles. The van der Waals surface area contributed by atoms with E-state index in [1.807, 2.05) is 61.5 Å². The Balaban J connectivity index is 1.25. The van der Waals surface area contributed by atoms with Gasteiger partial charge in [0.05, 0.1) is 23.5 Å². The van der Waals surface area contributed by atoms with E-state index in [4.69, 9.17) is 4.74 Å². The lowest BCUT2D eigenvalue weighted by atomic mass is 10.1. The van der Waals surface area contributed by atoms with Crippen molar-refractivity contribution in [3.8, 4) is 0 Å². The molecule has 0 aliphatic carbocycles. The number of amides is 1. The van der Waals surface area contributed by atoms with Gasteiger partial charge in [0.15, 0.2) is 0 Å². The van der Waals surface area contributed by atoms with E-state index in [0.717, 1.165) is 71.3 Å². The predicted octanol–water partition coefficient (Wildman–Crippen LogP) is 4.89. The Morgan fingerprint density at radius 2 is 1.78 bits per heavy atom. The number of nitrogens with one attached hydrogen (secondary N) is 3. The highest BCUT2D eigenvalue weighted by atomic mass is 32.1. The number of aryl methyl sites for hydroxylation is 1. The van der Waals surface area contributed by atoms with Crippen LogP contribution >= 0.6 is 11.3 Å². The molecule has 0 saturated carbocycles. The average Bonchev–Trinajstić information content (AvgIpc) is 3.28. The van der Waals surface area contributed by atoms with Crippen molar-refractivity contribution in [2.24, 2.45) is 0 Å². The second kappa shape index (κ2) is 11.5. The van der Waals surface area contributed by atoms with Crippen molar-refractivity contribution in [1.82, 2.24) is 20.2 Å². The van der Waals surface area contributed by atoms with Gasteiger partial charge in [0.25, 0.3) is 5.91 Å². The third-order valence-corrected chi connectivity index (χ3v) is 7.51. The van der Waals surface area contributed by atoms with Gasteiger partial charge in [-0.1, -0.05) is 36.9 Å². The molecule has 3 N–H and O–H groups in total. The summed E-state index contributed by atoms with van der Waals surface area (Å²) in [4.78, 5) is 25.6. The minimum Gasteiger partial charge on any atom is -0.379 e. The molecule has 37 heavy (non-hydrogen) atoms. The fourth-order valence-corrected chi connectivity index (χ4v) is 5.34. The second-order valence-corrected chi connectivity index (χ2v) is 9.84. The molecule has 2 aromatic heterocycles. The standard InChI is InChI=1S/C28H30N6O2S/c1-19-24-26(33-23-10-8-22(9-11-23)32-20(2)21-6-4-3-5-7-21)30-18-31-28(24)37-25(19)27(35)29-12-13-34-14-16-36-17-15-34/h3-11,18,32H,2,12-17H2,1H3,(H,29,35)(H,30,31,33). The zero-order chi connectivity index (χ0) is 25.6. The minimum absolute atomic E-state index is 0.0752. The molecule has 0 atom stereocenters. The number of morpholine rings is 1. The van der Waals surface area contributed by atoms with Crippen LogP contribution in [0.15, 0.2) is 67.5 Å². The number of aromatic nitrogens is 2. The van der Waals surface area contributed by atoms with Crippen molar-refractivity contribution >= 4 is 50.4 Å². The maximum atomic E-state index is 12.9. The molecule has 2 aromatic carbocycles. The first-order valence-corrected chi connectivity index (χ1v) is 13.1. The minimum atomic E-state index is -0.0752. The lowest BCUT2D eigenvalue weighted by Gasteiger charge is -2.26. The first-order chi connectivity index (χ1) is 18.1. The highest BCUT2D eigenvalue weighted by Crippen LogP contribution is 2.34. The molecular formula is C28H30N6O2S. The van der Waals surface area contributed by atoms with Gasteiger partial charge in [-0.2, -0.15) is 0 Å². The molecule has 1 aliphatic heterocycles.